The van der Waals surface area contributed by atoms with E-state index in [0.717, 1.165) is 24.1 Å². The molecule has 1 N–H and O–H groups in total. The Kier molecular flexibility index (Phi) is 7.84. The van der Waals surface area contributed by atoms with Gasteiger partial charge in [-0.3, -0.25) is 9.59 Å². The molecule has 7 nitrogen and oxygen atoms in total. The smallest absolute Gasteiger partial charge is 0.265 e. The lowest BCUT2D eigenvalue weighted by Gasteiger charge is -2.31. The summed E-state index contributed by atoms with van der Waals surface area (Å²) in [5, 5.41) is 2.82. The zero-order valence-corrected chi connectivity index (χ0v) is 20.8. The van der Waals surface area contributed by atoms with E-state index in [-0.39, 0.29) is 25.0 Å². The molecular weight excluding hydrogens is 480 g/mol. The third-order valence-electron chi connectivity index (χ3n) is 6.07. The van der Waals surface area contributed by atoms with Crippen molar-refractivity contribution in [2.75, 3.05) is 30.0 Å². The van der Waals surface area contributed by atoms with Crippen LogP contribution in [0, 0.1) is 0 Å². The number of anilines is 2. The number of hydrogen-bond donors (Lipinski definition) is 1. The lowest BCUT2D eigenvalue weighted by Crippen LogP contribution is -2.38. The maximum Gasteiger partial charge on any atom is 0.265 e. The van der Waals surface area contributed by atoms with Crippen LogP contribution in [0.3, 0.4) is 0 Å². The monoisotopic (exact) mass is 508 g/mol. The van der Waals surface area contributed by atoms with Crippen molar-refractivity contribution in [3.05, 3.63) is 109 Å². The van der Waals surface area contributed by atoms with Gasteiger partial charge in [-0.05, 0) is 73.0 Å². The molecule has 0 radical (unpaired) electrons. The standard InChI is InChI=1S/C31H28N2O5/c34-29(21-36-25-11-3-1-4-12-25)32-24-16-18-27(19-17-24)38-28-15-7-9-23-10-8-20-33(31(23)28)30(35)22-37-26-13-5-2-6-14-26/h1-7,9,11-19H,8,10,20-22H2,(H,32,34). The summed E-state index contributed by atoms with van der Waals surface area (Å²) in [4.78, 5) is 27.1. The minimum atomic E-state index is -0.258. The highest BCUT2D eigenvalue weighted by Gasteiger charge is 2.26. The fourth-order valence-electron chi connectivity index (χ4n) is 4.28. The van der Waals surface area contributed by atoms with Gasteiger partial charge in [0.05, 0.1) is 5.69 Å². The van der Waals surface area contributed by atoms with Crippen molar-refractivity contribution in [2.45, 2.75) is 12.8 Å². The Hall–Kier alpha value is -4.78. The first kappa shape index (κ1) is 24.9. The van der Waals surface area contributed by atoms with E-state index in [9.17, 15) is 9.59 Å². The number of rotatable bonds is 9. The average molecular weight is 509 g/mol. The molecule has 38 heavy (non-hydrogen) atoms. The van der Waals surface area contributed by atoms with Gasteiger partial charge in [0, 0.05) is 12.2 Å². The molecule has 1 heterocycles. The molecule has 4 aromatic rings. The van der Waals surface area contributed by atoms with Crippen molar-refractivity contribution in [3.63, 3.8) is 0 Å². The van der Waals surface area contributed by atoms with Crippen LogP contribution in [-0.2, 0) is 16.0 Å². The van der Waals surface area contributed by atoms with E-state index in [2.05, 4.69) is 5.32 Å². The molecule has 1 aliphatic heterocycles. The van der Waals surface area contributed by atoms with Crippen LogP contribution in [0.4, 0.5) is 11.4 Å². The lowest BCUT2D eigenvalue weighted by atomic mass is 10.0. The van der Waals surface area contributed by atoms with Crippen LogP contribution in [0.15, 0.2) is 103 Å². The molecule has 0 bridgehead atoms. The van der Waals surface area contributed by atoms with Gasteiger partial charge in [0.2, 0.25) is 0 Å². The minimum absolute atomic E-state index is 0.0554. The molecule has 1 aliphatic rings. The number of para-hydroxylation sites is 3. The zero-order chi connectivity index (χ0) is 26.2. The first-order chi connectivity index (χ1) is 18.7. The van der Waals surface area contributed by atoms with Crippen molar-refractivity contribution in [2.24, 2.45) is 0 Å². The highest BCUT2D eigenvalue weighted by Crippen LogP contribution is 2.39. The number of aryl methyl sites for hydroxylation is 1. The first-order valence-corrected chi connectivity index (χ1v) is 12.5. The van der Waals surface area contributed by atoms with Crippen LogP contribution in [0.1, 0.15) is 12.0 Å². The van der Waals surface area contributed by atoms with E-state index < -0.39 is 0 Å². The molecule has 0 atom stereocenters. The molecule has 0 spiro atoms. The fourth-order valence-corrected chi connectivity index (χ4v) is 4.28. The van der Waals surface area contributed by atoms with Crippen LogP contribution >= 0.6 is 0 Å². The maximum absolute atomic E-state index is 13.1. The minimum Gasteiger partial charge on any atom is -0.484 e. The normalized spacial score (nSPS) is 12.3. The van der Waals surface area contributed by atoms with Gasteiger partial charge in [0.1, 0.15) is 17.2 Å². The molecular formula is C31H28N2O5. The molecule has 0 saturated heterocycles. The van der Waals surface area contributed by atoms with Gasteiger partial charge in [-0.1, -0.05) is 48.5 Å². The second-order valence-electron chi connectivity index (χ2n) is 8.79. The SMILES string of the molecule is O=C(COc1ccccc1)Nc1ccc(Oc2cccc3c2N(C(=O)COc2ccccc2)CCC3)cc1. The Morgan fingerprint density at radius 1 is 0.711 bits per heavy atom. The third kappa shape index (κ3) is 6.31. The van der Waals surface area contributed by atoms with E-state index in [1.807, 2.05) is 66.7 Å². The van der Waals surface area contributed by atoms with Gasteiger partial charge < -0.3 is 24.4 Å². The number of hydrogen-bond acceptors (Lipinski definition) is 5. The Bertz CT molecular complexity index is 1370. The van der Waals surface area contributed by atoms with Crippen molar-refractivity contribution < 1.29 is 23.8 Å². The van der Waals surface area contributed by atoms with E-state index in [1.54, 1.807) is 41.3 Å². The summed E-state index contributed by atoms with van der Waals surface area (Å²) < 4.78 is 17.4. The van der Waals surface area contributed by atoms with E-state index >= 15 is 0 Å². The number of nitrogens with one attached hydrogen (secondary N) is 1. The van der Waals surface area contributed by atoms with Crippen LogP contribution in [-0.4, -0.2) is 31.6 Å². The Labute approximate surface area is 221 Å². The molecule has 192 valence electrons. The summed E-state index contributed by atoms with van der Waals surface area (Å²) in [5.41, 5.74) is 2.46. The average Bonchev–Trinajstić information content (AvgIpc) is 2.97. The van der Waals surface area contributed by atoms with Crippen LogP contribution in [0.2, 0.25) is 0 Å². The summed E-state index contributed by atoms with van der Waals surface area (Å²) in [5.74, 6) is 2.10. The van der Waals surface area contributed by atoms with E-state index in [4.69, 9.17) is 14.2 Å². The number of carbonyl (C=O) groups excluding carboxylic acids is 2. The van der Waals surface area contributed by atoms with Gasteiger partial charge in [0.25, 0.3) is 11.8 Å². The summed E-state index contributed by atoms with van der Waals surface area (Å²) in [7, 11) is 0. The number of benzene rings is 4. The van der Waals surface area contributed by atoms with E-state index in [1.165, 1.54) is 0 Å². The van der Waals surface area contributed by atoms with Crippen molar-refractivity contribution in [3.8, 4) is 23.0 Å². The van der Waals surface area contributed by atoms with E-state index in [0.29, 0.717) is 35.2 Å². The quantitative estimate of drug-likeness (QED) is 0.307. The third-order valence-corrected chi connectivity index (χ3v) is 6.07. The zero-order valence-electron chi connectivity index (χ0n) is 20.8. The molecule has 0 aromatic heterocycles. The summed E-state index contributed by atoms with van der Waals surface area (Å²) in [6.45, 7) is 0.455. The predicted octanol–water partition coefficient (Wildman–Crippen LogP) is 5.85. The molecule has 2 amide bonds. The lowest BCUT2D eigenvalue weighted by molar-refractivity contribution is -0.120. The molecule has 7 heteroatoms. The number of amides is 2. The summed E-state index contributed by atoms with van der Waals surface area (Å²) in [6, 6.07) is 31.4. The van der Waals surface area contributed by atoms with Crippen molar-refractivity contribution in [1.29, 1.82) is 0 Å². The molecule has 0 saturated carbocycles. The van der Waals surface area contributed by atoms with Crippen LogP contribution in [0.25, 0.3) is 0 Å². The Morgan fingerprint density at radius 2 is 1.37 bits per heavy atom. The first-order valence-electron chi connectivity index (χ1n) is 12.5. The topological polar surface area (TPSA) is 77.1 Å². The van der Waals surface area contributed by atoms with Gasteiger partial charge in [0.15, 0.2) is 19.0 Å². The molecule has 4 aromatic carbocycles. The van der Waals surface area contributed by atoms with Crippen molar-refractivity contribution >= 4 is 23.2 Å². The van der Waals surface area contributed by atoms with Crippen LogP contribution in [0.5, 0.6) is 23.0 Å². The highest BCUT2D eigenvalue weighted by molar-refractivity contribution is 5.97. The molecule has 0 unspecified atom stereocenters. The number of nitrogens with zero attached hydrogens (tertiary/aromatic N) is 1. The Balaban J connectivity index is 1.23. The molecule has 0 aliphatic carbocycles. The number of carbonyl (C=O) groups is 2. The van der Waals surface area contributed by atoms with Crippen LogP contribution < -0.4 is 24.4 Å². The largest absolute Gasteiger partial charge is 0.484 e. The number of ether oxygens (including phenoxy) is 3. The van der Waals surface area contributed by atoms with Gasteiger partial charge in [-0.15, -0.1) is 0 Å². The molecule has 5 rings (SSSR count). The summed E-state index contributed by atoms with van der Waals surface area (Å²) in [6.07, 6.45) is 1.74. The van der Waals surface area contributed by atoms with Gasteiger partial charge in [-0.2, -0.15) is 0 Å². The van der Waals surface area contributed by atoms with Gasteiger partial charge >= 0.3 is 0 Å². The summed E-state index contributed by atoms with van der Waals surface area (Å²) >= 11 is 0. The predicted molar refractivity (Wildman–Crippen MR) is 146 cm³/mol. The van der Waals surface area contributed by atoms with Crippen molar-refractivity contribution in [1.82, 2.24) is 0 Å². The highest BCUT2D eigenvalue weighted by atomic mass is 16.5. The molecule has 0 fully saturated rings. The Morgan fingerprint density at radius 3 is 2.05 bits per heavy atom. The number of fused-ring (bicyclic) bond motifs is 1. The van der Waals surface area contributed by atoms with Gasteiger partial charge in [-0.25, -0.2) is 0 Å². The maximum atomic E-state index is 13.1. The second kappa shape index (κ2) is 12.0. The fraction of sp³-hybridized carbons (Fsp3) is 0.161. The second-order valence-corrected chi connectivity index (χ2v) is 8.79.